The second-order valence-electron chi connectivity index (χ2n) is 5.62. The van der Waals surface area contributed by atoms with E-state index in [1.165, 1.54) is 51.4 Å². The smallest absolute Gasteiger partial charge is 0.00640 e. The van der Waals surface area contributed by atoms with Crippen LogP contribution in [0.15, 0.2) is 0 Å². The van der Waals surface area contributed by atoms with Gasteiger partial charge in [-0.2, -0.15) is 0 Å². The van der Waals surface area contributed by atoms with Crippen molar-refractivity contribution in [3.8, 4) is 0 Å². The Morgan fingerprint density at radius 1 is 1.07 bits per heavy atom. The molecule has 0 aromatic heterocycles. The highest BCUT2D eigenvalue weighted by Gasteiger charge is 2.38. The average molecular weight is 195 g/mol. The van der Waals surface area contributed by atoms with E-state index < -0.39 is 0 Å². The molecule has 2 rings (SSSR count). The highest BCUT2D eigenvalue weighted by molar-refractivity contribution is 4.91. The van der Waals surface area contributed by atoms with E-state index in [2.05, 4.69) is 19.3 Å². The van der Waals surface area contributed by atoms with E-state index in [0.29, 0.717) is 0 Å². The summed E-state index contributed by atoms with van der Waals surface area (Å²) in [5, 5.41) is 3.41. The second-order valence-corrected chi connectivity index (χ2v) is 5.62. The second kappa shape index (κ2) is 4.22. The van der Waals surface area contributed by atoms with Gasteiger partial charge in [0.25, 0.3) is 0 Å². The molecule has 82 valence electrons. The van der Waals surface area contributed by atoms with Gasteiger partial charge in [0.2, 0.25) is 0 Å². The monoisotopic (exact) mass is 195 g/mol. The normalized spacial score (nSPS) is 29.6. The number of rotatable bonds is 2. The summed E-state index contributed by atoms with van der Waals surface area (Å²) in [5.41, 5.74) is 0.809. The molecule has 2 aliphatic rings. The van der Waals surface area contributed by atoms with Gasteiger partial charge >= 0.3 is 0 Å². The lowest BCUT2D eigenvalue weighted by Crippen LogP contribution is -2.35. The predicted molar refractivity (Wildman–Crippen MR) is 61.4 cm³/mol. The Bertz CT molecular complexity index is 172. The van der Waals surface area contributed by atoms with E-state index >= 15 is 0 Å². The highest BCUT2D eigenvalue weighted by atomic mass is 14.9. The molecule has 1 atom stereocenters. The minimum absolute atomic E-state index is 0.730. The molecule has 0 aromatic carbocycles. The maximum absolute atomic E-state index is 3.41. The van der Waals surface area contributed by atoms with E-state index in [9.17, 15) is 0 Å². The minimum Gasteiger partial charge on any atom is -0.317 e. The Hall–Kier alpha value is -0.0400. The first-order valence-electron chi connectivity index (χ1n) is 6.43. The molecule has 0 saturated heterocycles. The fourth-order valence-corrected chi connectivity index (χ4v) is 3.61. The van der Waals surface area contributed by atoms with Crippen LogP contribution in [0.1, 0.15) is 58.3 Å². The molecule has 1 heteroatoms. The Balaban J connectivity index is 1.85. The van der Waals surface area contributed by atoms with E-state index in [4.69, 9.17) is 0 Å². The van der Waals surface area contributed by atoms with Crippen LogP contribution in [0, 0.1) is 11.3 Å². The van der Waals surface area contributed by atoms with Crippen LogP contribution < -0.4 is 5.32 Å². The van der Waals surface area contributed by atoms with E-state index in [1.54, 1.807) is 0 Å². The van der Waals surface area contributed by atoms with Crippen LogP contribution in [0.5, 0.6) is 0 Å². The van der Waals surface area contributed by atoms with Crippen molar-refractivity contribution < 1.29 is 0 Å². The maximum Gasteiger partial charge on any atom is 0.00640 e. The van der Waals surface area contributed by atoms with Crippen molar-refractivity contribution in [3.63, 3.8) is 0 Å². The summed E-state index contributed by atoms with van der Waals surface area (Å²) in [6, 6.07) is 0.730. The van der Waals surface area contributed by atoms with Crippen LogP contribution >= 0.6 is 0 Å². The third-order valence-electron chi connectivity index (χ3n) is 4.92. The maximum atomic E-state index is 3.41. The largest absolute Gasteiger partial charge is 0.317 e. The summed E-state index contributed by atoms with van der Waals surface area (Å²) in [6.45, 7) is 2.34. The highest BCUT2D eigenvalue weighted by Crippen LogP contribution is 2.50. The fraction of sp³-hybridized carbons (Fsp3) is 1.00. The molecule has 2 fully saturated rings. The number of hydrogen-bond acceptors (Lipinski definition) is 1. The van der Waals surface area contributed by atoms with E-state index in [0.717, 1.165) is 17.4 Å². The van der Waals surface area contributed by atoms with Crippen molar-refractivity contribution >= 4 is 0 Å². The molecular weight excluding hydrogens is 170 g/mol. The molecule has 1 N–H and O–H groups in total. The zero-order valence-corrected chi connectivity index (χ0v) is 9.81. The predicted octanol–water partition coefficient (Wildman–Crippen LogP) is 3.34. The molecule has 1 nitrogen and oxygen atoms in total. The Morgan fingerprint density at radius 3 is 2.14 bits per heavy atom. The molecule has 0 bridgehead atoms. The van der Waals surface area contributed by atoms with Crippen LogP contribution in [-0.2, 0) is 0 Å². The topological polar surface area (TPSA) is 12.0 Å². The number of hydrogen-bond donors (Lipinski definition) is 1. The fourth-order valence-electron chi connectivity index (χ4n) is 3.61. The van der Waals surface area contributed by atoms with Gasteiger partial charge in [0.1, 0.15) is 0 Å². The lowest BCUT2D eigenvalue weighted by atomic mass is 9.68. The van der Waals surface area contributed by atoms with Gasteiger partial charge in [0, 0.05) is 6.04 Å². The molecule has 14 heavy (non-hydrogen) atoms. The summed E-state index contributed by atoms with van der Waals surface area (Å²) >= 11 is 0. The summed E-state index contributed by atoms with van der Waals surface area (Å²) < 4.78 is 0. The van der Waals surface area contributed by atoms with Gasteiger partial charge in [0.15, 0.2) is 0 Å². The minimum atomic E-state index is 0.730. The van der Waals surface area contributed by atoms with Crippen LogP contribution in [0.25, 0.3) is 0 Å². The molecule has 1 spiro atoms. The molecular formula is C13H25N. The third kappa shape index (κ3) is 1.98. The van der Waals surface area contributed by atoms with Crippen molar-refractivity contribution in [2.45, 2.75) is 64.3 Å². The zero-order valence-electron chi connectivity index (χ0n) is 9.81. The Kier molecular flexibility index (Phi) is 3.16. The summed E-state index contributed by atoms with van der Waals surface area (Å²) in [6.07, 6.45) is 12.1. The van der Waals surface area contributed by atoms with Crippen LogP contribution in [0.4, 0.5) is 0 Å². The molecule has 2 saturated carbocycles. The standard InChI is InChI=1S/C13H25N/c1-11(14-2)12-5-9-13(10-6-12)7-3-4-8-13/h11-12,14H,3-10H2,1-2H3. The molecule has 0 aromatic rings. The molecule has 2 aliphatic carbocycles. The van der Waals surface area contributed by atoms with Gasteiger partial charge in [-0.25, -0.2) is 0 Å². The van der Waals surface area contributed by atoms with Crippen LogP contribution in [0.2, 0.25) is 0 Å². The Labute approximate surface area is 88.7 Å². The molecule has 0 radical (unpaired) electrons. The van der Waals surface area contributed by atoms with Gasteiger partial charge < -0.3 is 5.32 Å². The Morgan fingerprint density at radius 2 is 1.64 bits per heavy atom. The summed E-state index contributed by atoms with van der Waals surface area (Å²) in [7, 11) is 2.10. The van der Waals surface area contributed by atoms with E-state index in [-0.39, 0.29) is 0 Å². The van der Waals surface area contributed by atoms with Gasteiger partial charge in [-0.05, 0) is 63.8 Å². The van der Waals surface area contributed by atoms with Crippen molar-refractivity contribution in [3.05, 3.63) is 0 Å². The molecule has 0 amide bonds. The van der Waals surface area contributed by atoms with Crippen molar-refractivity contribution in [1.82, 2.24) is 5.32 Å². The lowest BCUT2D eigenvalue weighted by Gasteiger charge is -2.39. The van der Waals surface area contributed by atoms with Gasteiger partial charge in [-0.15, -0.1) is 0 Å². The first-order chi connectivity index (χ1) is 6.76. The summed E-state index contributed by atoms with van der Waals surface area (Å²) in [5.74, 6) is 0.950. The average Bonchev–Trinajstić information content (AvgIpc) is 2.67. The van der Waals surface area contributed by atoms with E-state index in [1.807, 2.05) is 0 Å². The first kappa shape index (κ1) is 10.5. The van der Waals surface area contributed by atoms with Crippen molar-refractivity contribution in [1.29, 1.82) is 0 Å². The van der Waals surface area contributed by atoms with Crippen LogP contribution in [-0.4, -0.2) is 13.1 Å². The van der Waals surface area contributed by atoms with Gasteiger partial charge in [-0.3, -0.25) is 0 Å². The van der Waals surface area contributed by atoms with Crippen molar-refractivity contribution in [2.75, 3.05) is 7.05 Å². The first-order valence-corrected chi connectivity index (χ1v) is 6.43. The lowest BCUT2D eigenvalue weighted by molar-refractivity contribution is 0.138. The van der Waals surface area contributed by atoms with Gasteiger partial charge in [0.05, 0.1) is 0 Å². The quantitative estimate of drug-likeness (QED) is 0.712. The molecule has 1 unspecified atom stereocenters. The van der Waals surface area contributed by atoms with Crippen LogP contribution in [0.3, 0.4) is 0 Å². The third-order valence-corrected chi connectivity index (χ3v) is 4.92. The SMILES string of the molecule is CNC(C)C1CCC2(CCCC2)CC1. The number of nitrogens with one attached hydrogen (secondary N) is 1. The van der Waals surface area contributed by atoms with Gasteiger partial charge in [-0.1, -0.05) is 12.8 Å². The molecule has 0 heterocycles. The van der Waals surface area contributed by atoms with Crippen molar-refractivity contribution in [2.24, 2.45) is 11.3 Å². The molecule has 0 aliphatic heterocycles. The zero-order chi connectivity index (χ0) is 10.0. The summed E-state index contributed by atoms with van der Waals surface area (Å²) in [4.78, 5) is 0.